The normalized spacial score (nSPS) is 24.8. The fourth-order valence-corrected chi connectivity index (χ4v) is 11.1. The van der Waals surface area contributed by atoms with E-state index in [0.717, 1.165) is 67.4 Å². The third kappa shape index (κ3) is 10.6. The van der Waals surface area contributed by atoms with E-state index >= 15 is 4.79 Å². The maximum Gasteiger partial charge on any atom is 0.239 e. The Bertz CT molecular complexity index is 2210. The Balaban J connectivity index is 1.31. The van der Waals surface area contributed by atoms with Crippen LogP contribution in [0.1, 0.15) is 127 Å². The third-order valence-electron chi connectivity index (χ3n) is 14.2. The molecule has 2 fully saturated rings. The van der Waals surface area contributed by atoms with Gasteiger partial charge in [0, 0.05) is 49.6 Å². The molecule has 3 aliphatic carbocycles. The molecule has 0 bridgehead atoms. The zero-order valence-corrected chi connectivity index (χ0v) is 39.1. The molecule has 5 aliphatic rings. The van der Waals surface area contributed by atoms with Crippen molar-refractivity contribution in [1.82, 2.24) is 4.90 Å². The highest BCUT2D eigenvalue weighted by Gasteiger charge is 2.65. The number of rotatable bonds is 21. The van der Waals surface area contributed by atoms with Gasteiger partial charge in [0.2, 0.25) is 18.5 Å². The van der Waals surface area contributed by atoms with Crippen molar-refractivity contribution in [2.45, 2.75) is 141 Å². The van der Waals surface area contributed by atoms with Gasteiger partial charge in [-0.1, -0.05) is 80.1 Å². The van der Waals surface area contributed by atoms with Gasteiger partial charge in [0.05, 0.1) is 18.2 Å². The average Bonchev–Trinajstić information content (AvgIpc) is 4.02. The molecular weight excluding hydrogens is 840 g/mol. The number of carbonyl (C=O) groups excluding carboxylic acids is 1. The zero-order valence-electron chi connectivity index (χ0n) is 39.1. The van der Waals surface area contributed by atoms with E-state index in [1.54, 1.807) is 24.3 Å². The number of hydrogen-bond donors (Lipinski definition) is 2. The van der Waals surface area contributed by atoms with Gasteiger partial charge in [0.15, 0.2) is 11.5 Å². The average molecular weight is 909 g/mol. The van der Waals surface area contributed by atoms with Crippen LogP contribution in [0.25, 0.3) is 0 Å². The zero-order chi connectivity index (χ0) is 46.3. The van der Waals surface area contributed by atoms with Crippen molar-refractivity contribution in [1.29, 1.82) is 0 Å². The topological polar surface area (TPSA) is 129 Å². The van der Waals surface area contributed by atoms with Gasteiger partial charge in [0.25, 0.3) is 0 Å². The van der Waals surface area contributed by atoms with Gasteiger partial charge in [-0.25, -0.2) is 4.39 Å². The minimum Gasteiger partial charge on any atom is -0.489 e. The first-order valence-electron chi connectivity index (χ1n) is 24.3. The van der Waals surface area contributed by atoms with Gasteiger partial charge in [-0.15, -0.1) is 6.58 Å². The Morgan fingerprint density at radius 2 is 1.71 bits per heavy atom. The number of allylic oxidation sites excluding steroid dienone is 1. The molecule has 6 atom stereocenters. The molecule has 2 N–H and O–H groups in total. The number of hydrogen-bond acceptors (Lipinski definition) is 10. The molecule has 0 radical (unpaired) electrons. The first kappa shape index (κ1) is 47.6. The number of unbranched alkanes of at least 4 members (excludes halogenated alkanes) is 2. The van der Waals surface area contributed by atoms with Crippen LogP contribution < -0.4 is 18.9 Å². The number of benzene rings is 3. The van der Waals surface area contributed by atoms with Crippen LogP contribution in [0.15, 0.2) is 90.1 Å². The highest BCUT2D eigenvalue weighted by Crippen LogP contribution is 2.62. The van der Waals surface area contributed by atoms with Gasteiger partial charge in [0.1, 0.15) is 35.6 Å². The molecule has 356 valence electrons. The quantitative estimate of drug-likeness (QED) is 0.0610. The lowest BCUT2D eigenvalue weighted by atomic mass is 9.55. The van der Waals surface area contributed by atoms with E-state index in [0.29, 0.717) is 60.2 Å². The van der Waals surface area contributed by atoms with E-state index in [1.807, 2.05) is 62.1 Å². The molecule has 8 rings (SSSR count). The molecule has 2 aliphatic heterocycles. The van der Waals surface area contributed by atoms with Crippen LogP contribution in [0, 0.1) is 29.5 Å². The summed E-state index contributed by atoms with van der Waals surface area (Å²) in [5, 5.41) is 25.1. The first-order valence-corrected chi connectivity index (χ1v) is 24.3. The highest BCUT2D eigenvalue weighted by atomic mass is 19.1. The monoisotopic (exact) mass is 908 g/mol. The molecular formula is C54H69FN2O9. The van der Waals surface area contributed by atoms with Gasteiger partial charge in [-0.05, 0) is 118 Å². The number of nitrogens with zero attached hydrogens (tertiary/aromatic N) is 2. The number of fused-ring (bicyclic) bond motifs is 3. The van der Waals surface area contributed by atoms with Gasteiger partial charge >= 0.3 is 0 Å². The van der Waals surface area contributed by atoms with Gasteiger partial charge in [-0.2, -0.15) is 0 Å². The van der Waals surface area contributed by atoms with Crippen molar-refractivity contribution in [2.24, 2.45) is 28.8 Å². The van der Waals surface area contributed by atoms with Crippen LogP contribution in [0.3, 0.4) is 0 Å². The van der Waals surface area contributed by atoms with Crippen LogP contribution in [0.2, 0.25) is 0 Å². The van der Waals surface area contributed by atoms with E-state index in [1.165, 1.54) is 18.9 Å². The Morgan fingerprint density at radius 3 is 2.47 bits per heavy atom. The molecule has 2 saturated carbocycles. The predicted octanol–water partition coefficient (Wildman–Crippen LogP) is 10.6. The van der Waals surface area contributed by atoms with Crippen molar-refractivity contribution in [3.8, 4) is 23.0 Å². The summed E-state index contributed by atoms with van der Waals surface area (Å²) < 4.78 is 47.5. The molecule has 66 heavy (non-hydrogen) atoms. The summed E-state index contributed by atoms with van der Waals surface area (Å²) in [4.78, 5) is 23.6. The van der Waals surface area contributed by atoms with Crippen molar-refractivity contribution in [3.05, 3.63) is 107 Å². The van der Waals surface area contributed by atoms with Gasteiger partial charge in [-0.3, -0.25) is 4.79 Å². The maximum atomic E-state index is 15.3. The summed E-state index contributed by atoms with van der Waals surface area (Å²) >= 11 is 0. The summed E-state index contributed by atoms with van der Waals surface area (Å²) in [5.41, 5.74) is 3.36. The molecule has 11 nitrogen and oxygen atoms in total. The fraction of sp³-hybridized carbons (Fsp3) is 0.556. The van der Waals surface area contributed by atoms with Crippen molar-refractivity contribution < 1.29 is 47.9 Å². The summed E-state index contributed by atoms with van der Waals surface area (Å²) in [6.07, 6.45) is 14.7. The lowest BCUT2D eigenvalue weighted by molar-refractivity contribution is -0.258. The summed E-state index contributed by atoms with van der Waals surface area (Å²) in [6, 6.07) is 17.6. The van der Waals surface area contributed by atoms with E-state index in [-0.39, 0.29) is 69.2 Å². The van der Waals surface area contributed by atoms with E-state index in [9.17, 15) is 14.6 Å². The number of oxime groups is 1. The van der Waals surface area contributed by atoms with E-state index in [2.05, 4.69) is 12.7 Å². The largest absolute Gasteiger partial charge is 0.489 e. The Hall–Kier alpha value is -4.91. The van der Waals surface area contributed by atoms with Crippen LogP contribution in [0.4, 0.5) is 4.39 Å². The minimum atomic E-state index is -1.42. The van der Waals surface area contributed by atoms with Crippen molar-refractivity contribution in [3.63, 3.8) is 0 Å². The second kappa shape index (κ2) is 21.4. The maximum absolute atomic E-state index is 15.3. The Morgan fingerprint density at radius 1 is 0.955 bits per heavy atom. The molecule has 3 aromatic carbocycles. The van der Waals surface area contributed by atoms with Crippen molar-refractivity contribution >= 4 is 11.6 Å². The Labute approximate surface area is 389 Å². The molecule has 0 spiro atoms. The SMILES string of the molecule is C=CCOC12Oc3ccc(OCc4ccccc4F)cc3C3C(CCCCO)C(CCCCO)C=C(C(=NOC(C)(C)C)CC1N(Cc1ccc4c(c1)OCO4)C(=O)CCC1CCCC1)C32. The molecule has 0 aromatic heterocycles. The van der Waals surface area contributed by atoms with E-state index in [4.69, 9.17) is 33.7 Å². The third-order valence-corrected chi connectivity index (χ3v) is 14.2. The molecule has 6 unspecified atom stereocenters. The fourth-order valence-electron chi connectivity index (χ4n) is 11.1. The first-order chi connectivity index (χ1) is 32.0. The van der Waals surface area contributed by atoms with Crippen molar-refractivity contribution in [2.75, 3.05) is 26.6 Å². The molecule has 12 heteroatoms. The van der Waals surface area contributed by atoms with Gasteiger partial charge < -0.3 is 43.6 Å². The summed E-state index contributed by atoms with van der Waals surface area (Å²) in [5.74, 6) is 0.636. The number of aliphatic hydroxyl groups is 2. The van der Waals surface area contributed by atoms with Crippen LogP contribution in [-0.4, -0.2) is 70.8 Å². The predicted molar refractivity (Wildman–Crippen MR) is 251 cm³/mol. The minimum absolute atomic E-state index is 0.00897. The number of carbonyl (C=O) groups is 1. The summed E-state index contributed by atoms with van der Waals surface area (Å²) in [6.45, 7) is 10.8. The van der Waals surface area contributed by atoms with E-state index < -0.39 is 23.3 Å². The molecule has 3 aromatic rings. The lowest BCUT2D eigenvalue weighted by Gasteiger charge is -2.60. The highest BCUT2D eigenvalue weighted by molar-refractivity contribution is 6.03. The molecule has 0 saturated heterocycles. The van der Waals surface area contributed by atoms with Crippen LogP contribution in [-0.2, 0) is 27.5 Å². The smallest absolute Gasteiger partial charge is 0.239 e. The Kier molecular flexibility index (Phi) is 15.4. The summed E-state index contributed by atoms with van der Waals surface area (Å²) in [7, 11) is 0. The lowest BCUT2D eigenvalue weighted by Crippen LogP contribution is -2.70. The second-order valence-electron chi connectivity index (χ2n) is 19.8. The number of halogens is 1. The number of aliphatic hydroxyl groups excluding tert-OH is 2. The molecule has 2 heterocycles. The molecule has 1 amide bonds. The number of ether oxygens (including phenoxy) is 5. The second-order valence-corrected chi connectivity index (χ2v) is 19.8. The number of amides is 1. The van der Waals surface area contributed by atoms with Crippen LogP contribution >= 0.6 is 0 Å². The van der Waals surface area contributed by atoms with Crippen LogP contribution in [0.5, 0.6) is 23.0 Å². The standard InChI is InChI=1S/C54H69FN2O9/c1-5-28-64-54-49(57(50(60)25-21-36-14-6-7-15-36)33-37-20-23-47-48(29-37)63-35-62-47)32-45(56-66-53(2,3)4)42-30-38(16-10-12-26-58)41(18-11-13-27-59)51(52(42)54)43-31-40(22-24-46(43)65-54)61-34-39-17-8-9-19-44(39)55/h5,8-9,17,19-20,22-24,29-31,36,38,41,49,51-52,58-59H,1,6-7,10-16,18,21,25-28,32-35H2,2-4H3.